The number of carbonyl (C=O) groups excluding carboxylic acids is 2. The summed E-state index contributed by atoms with van der Waals surface area (Å²) in [6, 6.07) is 9.01. The van der Waals surface area contributed by atoms with Gasteiger partial charge in [0, 0.05) is 5.56 Å². The highest BCUT2D eigenvalue weighted by molar-refractivity contribution is 5.90. The number of nitrogens with zero attached hydrogens (tertiary/aromatic N) is 1. The predicted octanol–water partition coefficient (Wildman–Crippen LogP) is 2.50. The van der Waals surface area contributed by atoms with Crippen LogP contribution in [0.3, 0.4) is 0 Å². The molecule has 0 radical (unpaired) electrons. The van der Waals surface area contributed by atoms with Gasteiger partial charge in [-0.2, -0.15) is 5.26 Å². The van der Waals surface area contributed by atoms with E-state index in [1.165, 1.54) is 6.92 Å². The number of para-hydroxylation sites is 1. The molecule has 0 saturated heterocycles. The largest absolute Gasteiger partial charge is 0.491 e. The van der Waals surface area contributed by atoms with Crippen molar-refractivity contribution >= 4 is 11.9 Å². The van der Waals surface area contributed by atoms with Crippen LogP contribution in [0.25, 0.3) is 0 Å². The van der Waals surface area contributed by atoms with Gasteiger partial charge in [-0.1, -0.05) is 18.2 Å². The number of rotatable bonds is 4. The number of esters is 1. The normalized spacial score (nSPS) is 18.5. The SMILES string of the molecule is CC(C)(C)OC(=O)C[C@@](C)(C#N)C(=O)N[C@H]1COc2ccccc21. The van der Waals surface area contributed by atoms with Crippen molar-refractivity contribution in [2.75, 3.05) is 6.61 Å². The molecule has 0 fully saturated rings. The van der Waals surface area contributed by atoms with Crippen molar-refractivity contribution in [2.45, 2.75) is 45.8 Å². The third kappa shape index (κ3) is 4.05. The first-order chi connectivity index (χ1) is 11.1. The lowest BCUT2D eigenvalue weighted by molar-refractivity contribution is -0.158. The molecule has 0 aliphatic carbocycles. The van der Waals surface area contributed by atoms with Crippen molar-refractivity contribution in [1.29, 1.82) is 5.26 Å². The van der Waals surface area contributed by atoms with Crippen molar-refractivity contribution in [3.05, 3.63) is 29.8 Å². The number of amides is 1. The van der Waals surface area contributed by atoms with E-state index < -0.39 is 22.9 Å². The molecule has 1 N–H and O–H groups in total. The topological polar surface area (TPSA) is 88.4 Å². The lowest BCUT2D eigenvalue weighted by atomic mass is 9.87. The predicted molar refractivity (Wildman–Crippen MR) is 87.0 cm³/mol. The molecule has 1 aromatic carbocycles. The van der Waals surface area contributed by atoms with Crippen molar-refractivity contribution < 1.29 is 19.1 Å². The number of nitrogens with one attached hydrogen (secondary N) is 1. The second kappa shape index (κ2) is 6.52. The Kier molecular flexibility index (Phi) is 4.83. The third-order valence-corrected chi connectivity index (χ3v) is 3.67. The van der Waals surface area contributed by atoms with Gasteiger partial charge in [-0.3, -0.25) is 9.59 Å². The molecule has 0 spiro atoms. The number of fused-ring (bicyclic) bond motifs is 1. The monoisotopic (exact) mass is 330 g/mol. The number of ether oxygens (including phenoxy) is 2. The maximum absolute atomic E-state index is 12.6. The molecular formula is C18H22N2O4. The lowest BCUT2D eigenvalue weighted by Gasteiger charge is -2.25. The molecule has 0 unspecified atom stereocenters. The van der Waals surface area contributed by atoms with Gasteiger partial charge in [0.25, 0.3) is 0 Å². The summed E-state index contributed by atoms with van der Waals surface area (Å²) in [5.41, 5.74) is -1.30. The molecule has 6 heteroatoms. The zero-order chi connectivity index (χ0) is 18.0. The van der Waals surface area contributed by atoms with Crippen LogP contribution in [-0.4, -0.2) is 24.1 Å². The number of benzene rings is 1. The fraction of sp³-hybridized carbons (Fsp3) is 0.500. The van der Waals surface area contributed by atoms with Gasteiger partial charge in [0.1, 0.15) is 23.4 Å². The van der Waals surface area contributed by atoms with Gasteiger partial charge in [-0.25, -0.2) is 0 Å². The van der Waals surface area contributed by atoms with Crippen LogP contribution < -0.4 is 10.1 Å². The highest BCUT2D eigenvalue weighted by Gasteiger charge is 2.39. The van der Waals surface area contributed by atoms with Crippen LogP contribution in [0.4, 0.5) is 0 Å². The molecule has 6 nitrogen and oxygen atoms in total. The van der Waals surface area contributed by atoms with E-state index in [4.69, 9.17) is 9.47 Å². The number of nitriles is 1. The second-order valence-corrected chi connectivity index (χ2v) is 7.08. The van der Waals surface area contributed by atoms with Gasteiger partial charge in [-0.15, -0.1) is 0 Å². The molecule has 0 bridgehead atoms. The van der Waals surface area contributed by atoms with E-state index in [0.717, 1.165) is 5.56 Å². The van der Waals surface area contributed by atoms with E-state index in [1.807, 2.05) is 30.3 Å². The van der Waals surface area contributed by atoms with Gasteiger partial charge in [-0.05, 0) is 33.8 Å². The Morgan fingerprint density at radius 2 is 2.00 bits per heavy atom. The van der Waals surface area contributed by atoms with Crippen LogP contribution >= 0.6 is 0 Å². The third-order valence-electron chi connectivity index (χ3n) is 3.67. The van der Waals surface area contributed by atoms with Crippen molar-refractivity contribution in [1.82, 2.24) is 5.32 Å². The smallest absolute Gasteiger partial charge is 0.308 e. The lowest BCUT2D eigenvalue weighted by Crippen LogP contribution is -2.42. The van der Waals surface area contributed by atoms with Crippen LogP contribution in [0.15, 0.2) is 24.3 Å². The molecule has 1 aromatic rings. The van der Waals surface area contributed by atoms with E-state index >= 15 is 0 Å². The summed E-state index contributed by atoms with van der Waals surface area (Å²) in [4.78, 5) is 24.6. The van der Waals surface area contributed by atoms with Crippen molar-refractivity contribution in [3.8, 4) is 11.8 Å². The maximum Gasteiger partial charge on any atom is 0.308 e. The highest BCUT2D eigenvalue weighted by atomic mass is 16.6. The minimum Gasteiger partial charge on any atom is -0.491 e. The Hall–Kier alpha value is -2.55. The Balaban J connectivity index is 2.06. The van der Waals surface area contributed by atoms with E-state index in [9.17, 15) is 14.9 Å². The summed E-state index contributed by atoms with van der Waals surface area (Å²) in [6.07, 6.45) is -0.304. The Bertz CT molecular complexity index is 687. The molecular weight excluding hydrogens is 308 g/mol. The Morgan fingerprint density at radius 3 is 2.62 bits per heavy atom. The summed E-state index contributed by atoms with van der Waals surface area (Å²) in [7, 11) is 0. The van der Waals surface area contributed by atoms with E-state index in [0.29, 0.717) is 12.4 Å². The minimum absolute atomic E-state index is 0.304. The fourth-order valence-corrected chi connectivity index (χ4v) is 2.44. The fourth-order valence-electron chi connectivity index (χ4n) is 2.44. The van der Waals surface area contributed by atoms with Gasteiger partial charge in [0.15, 0.2) is 0 Å². The zero-order valence-corrected chi connectivity index (χ0v) is 14.4. The zero-order valence-electron chi connectivity index (χ0n) is 14.4. The highest BCUT2D eigenvalue weighted by Crippen LogP contribution is 2.33. The molecule has 1 aliphatic rings. The average molecular weight is 330 g/mol. The van der Waals surface area contributed by atoms with Gasteiger partial charge < -0.3 is 14.8 Å². The summed E-state index contributed by atoms with van der Waals surface area (Å²) < 4.78 is 10.7. The van der Waals surface area contributed by atoms with Gasteiger partial charge in [0.05, 0.1) is 18.5 Å². The molecule has 2 atom stereocenters. The van der Waals surface area contributed by atoms with Crippen molar-refractivity contribution in [3.63, 3.8) is 0 Å². The second-order valence-electron chi connectivity index (χ2n) is 7.08. The average Bonchev–Trinajstić information content (AvgIpc) is 2.88. The molecule has 0 aromatic heterocycles. The molecule has 1 heterocycles. The van der Waals surface area contributed by atoms with Crippen LogP contribution in [0.5, 0.6) is 5.75 Å². The standard InChI is InChI=1S/C18H22N2O4/c1-17(2,3)24-15(21)9-18(4,11-19)16(22)20-13-10-23-14-8-6-5-7-12(13)14/h5-8,13H,9-10H2,1-4H3,(H,20,22)/t13-,18-/m0/s1. The van der Waals surface area contributed by atoms with Crippen LogP contribution in [0.2, 0.25) is 0 Å². The van der Waals surface area contributed by atoms with Gasteiger partial charge in [0.2, 0.25) is 5.91 Å². The number of hydrogen-bond donors (Lipinski definition) is 1. The van der Waals surface area contributed by atoms with Crippen LogP contribution in [0.1, 0.15) is 45.7 Å². The van der Waals surface area contributed by atoms with Gasteiger partial charge >= 0.3 is 5.97 Å². The van der Waals surface area contributed by atoms with Crippen molar-refractivity contribution in [2.24, 2.45) is 5.41 Å². The molecule has 128 valence electrons. The minimum atomic E-state index is -1.50. The maximum atomic E-state index is 12.6. The summed E-state index contributed by atoms with van der Waals surface area (Å²) in [5, 5.41) is 12.2. The van der Waals surface area contributed by atoms with E-state index in [2.05, 4.69) is 5.32 Å². The summed E-state index contributed by atoms with van der Waals surface area (Å²) in [6.45, 7) is 6.96. The van der Waals surface area contributed by atoms with E-state index in [1.54, 1.807) is 20.8 Å². The molecule has 0 saturated carbocycles. The number of hydrogen-bond acceptors (Lipinski definition) is 5. The molecule has 24 heavy (non-hydrogen) atoms. The first-order valence-corrected chi connectivity index (χ1v) is 7.80. The number of carbonyl (C=O) groups is 2. The van der Waals surface area contributed by atoms with Crippen LogP contribution in [0, 0.1) is 16.7 Å². The molecule has 1 aliphatic heterocycles. The summed E-state index contributed by atoms with van der Waals surface area (Å²) >= 11 is 0. The quantitative estimate of drug-likeness (QED) is 0.857. The molecule has 1 amide bonds. The Labute approximate surface area is 141 Å². The summed E-state index contributed by atoms with van der Waals surface area (Å²) in [5.74, 6) is -0.375. The first kappa shape index (κ1) is 17.8. The Morgan fingerprint density at radius 1 is 1.33 bits per heavy atom. The van der Waals surface area contributed by atoms with Crippen LogP contribution in [-0.2, 0) is 14.3 Å². The first-order valence-electron chi connectivity index (χ1n) is 7.80. The molecule has 2 rings (SSSR count). The van der Waals surface area contributed by atoms with E-state index in [-0.39, 0.29) is 12.5 Å².